The summed E-state index contributed by atoms with van der Waals surface area (Å²) in [5, 5.41) is 10.4. The molecule has 1 aliphatic carbocycles. The number of halogens is 2. The van der Waals surface area contributed by atoms with E-state index >= 15 is 8.78 Å². The van der Waals surface area contributed by atoms with E-state index in [1.807, 2.05) is 6.07 Å². The standard InChI is InChI=1S/C30H36F2NO4P/c1-4-5-6-21-7-9-22(10-8-21)23-11-13-26(28(31)17-23)27-14-12-24(18-29(27)32)37-30-19(2)15-25(16-20(30)3)38(35,36)33-34/h11-18,21-22,34H,4-10H2,1-3H3,(H2,33,35,36). The van der Waals surface area contributed by atoms with E-state index in [1.165, 1.54) is 61.6 Å². The van der Waals surface area contributed by atoms with E-state index < -0.39 is 19.2 Å². The molecular weight excluding hydrogens is 507 g/mol. The van der Waals surface area contributed by atoms with Crippen LogP contribution < -0.4 is 15.3 Å². The highest BCUT2D eigenvalue weighted by molar-refractivity contribution is 7.63. The Bertz CT molecular complexity index is 1310. The van der Waals surface area contributed by atoms with Gasteiger partial charge in [0, 0.05) is 17.2 Å². The second-order valence-corrected chi connectivity index (χ2v) is 12.3. The van der Waals surface area contributed by atoms with Crippen LogP contribution in [0, 0.1) is 31.4 Å². The van der Waals surface area contributed by atoms with Crippen LogP contribution in [0.15, 0.2) is 48.5 Å². The molecule has 4 rings (SSSR count). The number of unbranched alkanes of at least 4 members (excludes halogenated alkanes) is 1. The predicted octanol–water partition coefficient (Wildman–Crippen LogP) is 8.29. The minimum Gasteiger partial charge on any atom is -0.457 e. The smallest absolute Gasteiger partial charge is 0.319 e. The van der Waals surface area contributed by atoms with E-state index in [2.05, 4.69) is 6.92 Å². The van der Waals surface area contributed by atoms with Gasteiger partial charge in [-0.05, 0) is 98.4 Å². The van der Waals surface area contributed by atoms with Gasteiger partial charge in [0.2, 0.25) is 0 Å². The maximum atomic E-state index is 15.2. The van der Waals surface area contributed by atoms with Crippen LogP contribution in [-0.4, -0.2) is 10.1 Å². The van der Waals surface area contributed by atoms with E-state index in [0.29, 0.717) is 22.8 Å². The number of hydrogen-bond acceptors (Lipinski definition) is 3. The molecule has 0 saturated heterocycles. The van der Waals surface area contributed by atoms with Crippen LogP contribution in [0.2, 0.25) is 0 Å². The fraction of sp³-hybridized carbons (Fsp3) is 0.400. The molecule has 8 heteroatoms. The van der Waals surface area contributed by atoms with Gasteiger partial charge in [0.25, 0.3) is 0 Å². The van der Waals surface area contributed by atoms with E-state index in [9.17, 15) is 9.46 Å². The van der Waals surface area contributed by atoms with Gasteiger partial charge in [-0.15, -0.1) is 5.25 Å². The van der Waals surface area contributed by atoms with Crippen molar-refractivity contribution in [3.05, 3.63) is 76.9 Å². The number of benzene rings is 3. The molecule has 0 amide bonds. The third kappa shape index (κ3) is 6.35. The summed E-state index contributed by atoms with van der Waals surface area (Å²) in [6, 6.07) is 12.3. The Kier molecular flexibility index (Phi) is 9.04. The topological polar surface area (TPSA) is 78.8 Å². The summed E-state index contributed by atoms with van der Waals surface area (Å²) in [6.45, 7) is 5.59. The average Bonchev–Trinajstić information content (AvgIpc) is 2.90. The van der Waals surface area contributed by atoms with E-state index in [0.717, 1.165) is 24.3 Å². The Morgan fingerprint density at radius 2 is 1.55 bits per heavy atom. The molecule has 0 aliphatic heterocycles. The van der Waals surface area contributed by atoms with Crippen molar-refractivity contribution in [3.63, 3.8) is 0 Å². The summed E-state index contributed by atoms with van der Waals surface area (Å²) in [5.74, 6) is 0.707. The van der Waals surface area contributed by atoms with Crippen LogP contribution >= 0.6 is 7.52 Å². The van der Waals surface area contributed by atoms with Gasteiger partial charge in [-0.2, -0.15) is 0 Å². The number of rotatable bonds is 9. The Morgan fingerprint density at radius 1 is 0.947 bits per heavy atom. The molecule has 0 heterocycles. The average molecular weight is 544 g/mol. The Hall–Kier alpha value is -2.57. The van der Waals surface area contributed by atoms with Crippen molar-refractivity contribution in [2.45, 2.75) is 71.6 Å². The molecule has 0 bridgehead atoms. The lowest BCUT2D eigenvalue weighted by atomic mass is 9.77. The lowest BCUT2D eigenvalue weighted by Gasteiger charge is -2.29. The number of nitrogens with one attached hydrogen (secondary N) is 1. The molecular formula is C30H36F2NO4P. The normalized spacial score (nSPS) is 19.2. The van der Waals surface area contributed by atoms with Crippen molar-refractivity contribution in [2.75, 3.05) is 0 Å². The highest BCUT2D eigenvalue weighted by Crippen LogP contribution is 2.40. The van der Waals surface area contributed by atoms with E-state index in [4.69, 9.17) is 9.94 Å². The van der Waals surface area contributed by atoms with E-state index in [1.54, 1.807) is 32.0 Å². The zero-order valence-corrected chi connectivity index (χ0v) is 23.0. The van der Waals surface area contributed by atoms with Gasteiger partial charge in [0.05, 0.1) is 5.30 Å². The van der Waals surface area contributed by atoms with Crippen LogP contribution in [0.5, 0.6) is 11.5 Å². The second-order valence-electron chi connectivity index (χ2n) is 10.4. The second kappa shape index (κ2) is 12.1. The zero-order valence-electron chi connectivity index (χ0n) is 22.1. The van der Waals surface area contributed by atoms with Gasteiger partial charge < -0.3 is 14.8 Å². The molecule has 3 aromatic carbocycles. The van der Waals surface area contributed by atoms with Gasteiger partial charge in [0.15, 0.2) is 0 Å². The molecule has 1 aliphatic rings. The molecule has 1 saturated carbocycles. The molecule has 0 spiro atoms. The molecule has 1 unspecified atom stereocenters. The van der Waals surface area contributed by atoms with Crippen molar-refractivity contribution >= 4 is 12.8 Å². The SMILES string of the molecule is CCCCC1CCC(c2ccc(-c3ccc(Oc4c(C)cc(P(=O)(O)NO)cc4C)cc3F)c(F)c2)CC1. The fourth-order valence-electron chi connectivity index (χ4n) is 5.50. The molecule has 204 valence electrons. The van der Waals surface area contributed by atoms with Gasteiger partial charge in [-0.3, -0.25) is 4.57 Å². The molecule has 0 radical (unpaired) electrons. The fourth-order valence-corrected chi connectivity index (χ4v) is 6.35. The first kappa shape index (κ1) is 28.4. The molecule has 3 N–H and O–H groups in total. The summed E-state index contributed by atoms with van der Waals surface area (Å²) in [4.78, 5) is 9.82. The minimum absolute atomic E-state index is 0.0207. The molecule has 1 fully saturated rings. The van der Waals surface area contributed by atoms with E-state index in [-0.39, 0.29) is 22.2 Å². The summed E-state index contributed by atoms with van der Waals surface area (Å²) in [7, 11) is -4.10. The Labute approximate surface area is 223 Å². The predicted molar refractivity (Wildman–Crippen MR) is 146 cm³/mol. The van der Waals surface area contributed by atoms with Crippen LogP contribution in [-0.2, 0) is 4.57 Å². The highest BCUT2D eigenvalue weighted by Gasteiger charge is 2.24. The largest absolute Gasteiger partial charge is 0.457 e. The van der Waals surface area contributed by atoms with Crippen molar-refractivity contribution in [2.24, 2.45) is 5.92 Å². The summed E-state index contributed by atoms with van der Waals surface area (Å²) in [5.41, 5.74) is 2.42. The van der Waals surface area contributed by atoms with Crippen LogP contribution in [0.3, 0.4) is 0 Å². The Balaban J connectivity index is 1.49. The lowest BCUT2D eigenvalue weighted by molar-refractivity contribution is 0.226. The van der Waals surface area contributed by atoms with Crippen LogP contribution in [0.25, 0.3) is 11.1 Å². The molecule has 1 atom stereocenters. The first-order chi connectivity index (χ1) is 18.1. The van der Waals surface area contributed by atoms with Crippen molar-refractivity contribution in [1.29, 1.82) is 0 Å². The third-order valence-corrected chi connectivity index (χ3v) is 8.89. The molecule has 3 aromatic rings. The minimum atomic E-state index is -4.10. The van der Waals surface area contributed by atoms with Crippen molar-refractivity contribution < 1.29 is 28.2 Å². The molecule has 38 heavy (non-hydrogen) atoms. The highest BCUT2D eigenvalue weighted by atomic mass is 31.2. The monoisotopic (exact) mass is 543 g/mol. The summed E-state index contributed by atoms with van der Waals surface area (Å²) < 4.78 is 48.2. The molecule has 0 aromatic heterocycles. The summed E-state index contributed by atoms with van der Waals surface area (Å²) >= 11 is 0. The number of hydrogen-bond donors (Lipinski definition) is 3. The van der Waals surface area contributed by atoms with Gasteiger partial charge in [0.1, 0.15) is 23.1 Å². The van der Waals surface area contributed by atoms with Crippen LogP contribution in [0.4, 0.5) is 8.78 Å². The maximum absolute atomic E-state index is 15.2. The Morgan fingerprint density at radius 3 is 2.11 bits per heavy atom. The van der Waals surface area contributed by atoms with Gasteiger partial charge in [-0.25, -0.2) is 8.78 Å². The maximum Gasteiger partial charge on any atom is 0.319 e. The third-order valence-electron chi connectivity index (χ3n) is 7.66. The van der Waals surface area contributed by atoms with Crippen LogP contribution in [0.1, 0.15) is 74.5 Å². The van der Waals surface area contributed by atoms with Gasteiger partial charge in [-0.1, -0.05) is 38.3 Å². The number of ether oxygens (including phenoxy) is 1. The molecule has 5 nitrogen and oxygen atoms in total. The lowest BCUT2D eigenvalue weighted by Crippen LogP contribution is -2.16. The number of aryl methyl sites for hydroxylation is 2. The van der Waals surface area contributed by atoms with Crippen molar-refractivity contribution in [1.82, 2.24) is 5.25 Å². The quantitative estimate of drug-likeness (QED) is 0.187. The van der Waals surface area contributed by atoms with Crippen molar-refractivity contribution in [3.8, 4) is 22.6 Å². The van der Waals surface area contributed by atoms with Gasteiger partial charge >= 0.3 is 7.52 Å². The zero-order chi connectivity index (χ0) is 27.4. The first-order valence-electron chi connectivity index (χ1n) is 13.3. The summed E-state index contributed by atoms with van der Waals surface area (Å²) in [6.07, 6.45) is 8.29. The first-order valence-corrected chi connectivity index (χ1v) is 14.9.